The Morgan fingerprint density at radius 1 is 1.12 bits per heavy atom. The molecule has 0 aromatic heterocycles. The van der Waals surface area contributed by atoms with Gasteiger partial charge in [-0.15, -0.1) is 0 Å². The zero-order valence-corrected chi connectivity index (χ0v) is 12.4. The van der Waals surface area contributed by atoms with Crippen molar-refractivity contribution >= 4 is 5.69 Å². The zero-order valence-electron chi connectivity index (χ0n) is 12.4. The molecule has 1 aromatic carbocycles. The molecule has 0 saturated carbocycles. The van der Waals surface area contributed by atoms with E-state index in [1.165, 1.54) is 23.2 Å². The van der Waals surface area contributed by atoms with E-state index in [0.717, 1.165) is 13.0 Å². The van der Waals surface area contributed by atoms with Gasteiger partial charge in [0.1, 0.15) is 0 Å². The van der Waals surface area contributed by atoms with Gasteiger partial charge in [-0.2, -0.15) is 0 Å². The predicted octanol–water partition coefficient (Wildman–Crippen LogP) is 5.22. The van der Waals surface area contributed by atoms with E-state index < -0.39 is 0 Å². The third-order valence-electron chi connectivity index (χ3n) is 2.74. The second kappa shape index (κ2) is 9.09. The molecule has 1 heteroatoms. The molecule has 1 rings (SSSR count). The van der Waals surface area contributed by atoms with Crippen molar-refractivity contribution in [2.45, 2.75) is 60.3 Å². The Balaban J connectivity index is 0.00000121. The first-order chi connectivity index (χ1) is 8.20. The molecule has 0 amide bonds. The Kier molecular flexibility index (Phi) is 8.57. The van der Waals surface area contributed by atoms with Crippen molar-refractivity contribution in [1.29, 1.82) is 0 Å². The lowest BCUT2D eigenvalue weighted by atomic mass is 9.96. The number of hydrogen-bond donors (Lipinski definition) is 1. The minimum Gasteiger partial charge on any atom is -0.385 e. The second-order valence-corrected chi connectivity index (χ2v) is 4.32. The summed E-state index contributed by atoms with van der Waals surface area (Å²) in [5, 5.41) is 3.56. The second-order valence-electron chi connectivity index (χ2n) is 4.32. The van der Waals surface area contributed by atoms with E-state index in [4.69, 9.17) is 0 Å². The molecule has 0 unspecified atom stereocenters. The van der Waals surface area contributed by atoms with E-state index in [-0.39, 0.29) is 0 Å². The van der Waals surface area contributed by atoms with Crippen molar-refractivity contribution in [2.24, 2.45) is 0 Å². The number of anilines is 1. The molecular formula is C16H29N. The van der Waals surface area contributed by atoms with Crippen molar-refractivity contribution in [3.05, 3.63) is 29.3 Å². The van der Waals surface area contributed by atoms with E-state index in [0.29, 0.717) is 5.92 Å². The largest absolute Gasteiger partial charge is 0.385 e. The topological polar surface area (TPSA) is 12.0 Å². The zero-order chi connectivity index (χ0) is 13.3. The molecule has 0 spiro atoms. The fourth-order valence-electron chi connectivity index (χ4n) is 1.86. The SMILES string of the molecule is CC.CCCNc1c(CC)cccc1C(C)C. The molecule has 1 nitrogen and oxygen atoms in total. The third-order valence-corrected chi connectivity index (χ3v) is 2.74. The van der Waals surface area contributed by atoms with Gasteiger partial charge in [-0.3, -0.25) is 0 Å². The van der Waals surface area contributed by atoms with Gasteiger partial charge in [0, 0.05) is 12.2 Å². The summed E-state index contributed by atoms with van der Waals surface area (Å²) in [7, 11) is 0. The highest BCUT2D eigenvalue weighted by Crippen LogP contribution is 2.28. The Bertz CT molecular complexity index is 302. The number of para-hydroxylation sites is 1. The summed E-state index contributed by atoms with van der Waals surface area (Å²) in [4.78, 5) is 0. The molecule has 17 heavy (non-hydrogen) atoms. The molecule has 1 N–H and O–H groups in total. The van der Waals surface area contributed by atoms with Gasteiger partial charge in [0.05, 0.1) is 0 Å². The maximum absolute atomic E-state index is 3.56. The van der Waals surface area contributed by atoms with Gasteiger partial charge in [-0.05, 0) is 29.9 Å². The number of aryl methyl sites for hydroxylation is 1. The van der Waals surface area contributed by atoms with Crippen LogP contribution < -0.4 is 5.32 Å². The highest BCUT2D eigenvalue weighted by molar-refractivity contribution is 5.58. The third kappa shape index (κ3) is 4.80. The maximum atomic E-state index is 3.56. The van der Waals surface area contributed by atoms with Crippen LogP contribution >= 0.6 is 0 Å². The van der Waals surface area contributed by atoms with Crippen molar-refractivity contribution in [3.63, 3.8) is 0 Å². The molecule has 0 aliphatic carbocycles. The highest BCUT2D eigenvalue weighted by atomic mass is 14.9. The van der Waals surface area contributed by atoms with Gasteiger partial charge >= 0.3 is 0 Å². The summed E-state index contributed by atoms with van der Waals surface area (Å²) in [6.07, 6.45) is 2.28. The lowest BCUT2D eigenvalue weighted by molar-refractivity contribution is 0.857. The molecule has 0 fully saturated rings. The van der Waals surface area contributed by atoms with Crippen LogP contribution in [0.5, 0.6) is 0 Å². The van der Waals surface area contributed by atoms with E-state index in [1.54, 1.807) is 0 Å². The van der Waals surface area contributed by atoms with Gasteiger partial charge in [-0.25, -0.2) is 0 Å². The summed E-state index contributed by atoms with van der Waals surface area (Å²) >= 11 is 0. The number of benzene rings is 1. The van der Waals surface area contributed by atoms with Crippen LogP contribution in [0.25, 0.3) is 0 Å². The van der Waals surface area contributed by atoms with Crippen LogP contribution in [0.1, 0.15) is 65.0 Å². The maximum Gasteiger partial charge on any atom is 0.0407 e. The lowest BCUT2D eigenvalue weighted by Crippen LogP contribution is -2.07. The lowest BCUT2D eigenvalue weighted by Gasteiger charge is -2.17. The minimum atomic E-state index is 0.593. The Morgan fingerprint density at radius 2 is 1.76 bits per heavy atom. The summed E-state index contributed by atoms with van der Waals surface area (Å²) < 4.78 is 0. The molecule has 0 saturated heterocycles. The first-order valence-corrected chi connectivity index (χ1v) is 7.06. The molecule has 0 aliphatic heterocycles. The molecule has 0 heterocycles. The van der Waals surface area contributed by atoms with E-state index in [2.05, 4.69) is 51.2 Å². The number of nitrogens with one attached hydrogen (secondary N) is 1. The van der Waals surface area contributed by atoms with Crippen LogP contribution in [0, 0.1) is 0 Å². The number of hydrogen-bond acceptors (Lipinski definition) is 1. The highest BCUT2D eigenvalue weighted by Gasteiger charge is 2.08. The van der Waals surface area contributed by atoms with E-state index >= 15 is 0 Å². The summed E-state index contributed by atoms with van der Waals surface area (Å²) in [5.74, 6) is 0.593. The summed E-state index contributed by atoms with van der Waals surface area (Å²) in [6, 6.07) is 6.64. The Hall–Kier alpha value is -0.980. The molecule has 0 aliphatic rings. The minimum absolute atomic E-state index is 0.593. The average Bonchev–Trinajstić information content (AvgIpc) is 2.38. The van der Waals surface area contributed by atoms with Gasteiger partial charge < -0.3 is 5.32 Å². The van der Waals surface area contributed by atoms with Crippen molar-refractivity contribution in [1.82, 2.24) is 0 Å². The van der Waals surface area contributed by atoms with Crippen molar-refractivity contribution < 1.29 is 0 Å². The van der Waals surface area contributed by atoms with Gasteiger partial charge in [0.25, 0.3) is 0 Å². The normalized spacial score (nSPS) is 9.82. The predicted molar refractivity (Wildman–Crippen MR) is 80.0 cm³/mol. The molecule has 98 valence electrons. The van der Waals surface area contributed by atoms with Crippen LogP contribution in [0.4, 0.5) is 5.69 Å². The monoisotopic (exact) mass is 235 g/mol. The van der Waals surface area contributed by atoms with E-state index in [9.17, 15) is 0 Å². The fourth-order valence-corrected chi connectivity index (χ4v) is 1.86. The van der Waals surface area contributed by atoms with Gasteiger partial charge in [0.15, 0.2) is 0 Å². The fraction of sp³-hybridized carbons (Fsp3) is 0.625. The van der Waals surface area contributed by atoms with Crippen LogP contribution in [0.15, 0.2) is 18.2 Å². The molecule has 0 radical (unpaired) electrons. The smallest absolute Gasteiger partial charge is 0.0407 e. The van der Waals surface area contributed by atoms with Crippen LogP contribution in [-0.2, 0) is 6.42 Å². The van der Waals surface area contributed by atoms with Crippen LogP contribution in [-0.4, -0.2) is 6.54 Å². The van der Waals surface area contributed by atoms with Gasteiger partial charge in [-0.1, -0.05) is 59.7 Å². The Labute approximate surface area is 108 Å². The number of rotatable bonds is 5. The van der Waals surface area contributed by atoms with Gasteiger partial charge in [0.2, 0.25) is 0 Å². The average molecular weight is 235 g/mol. The Morgan fingerprint density at radius 3 is 2.24 bits per heavy atom. The van der Waals surface area contributed by atoms with Crippen molar-refractivity contribution in [3.8, 4) is 0 Å². The molecular weight excluding hydrogens is 206 g/mol. The molecule has 0 bridgehead atoms. The van der Waals surface area contributed by atoms with Crippen LogP contribution in [0.3, 0.4) is 0 Å². The molecule has 0 atom stereocenters. The van der Waals surface area contributed by atoms with E-state index in [1.807, 2.05) is 13.8 Å². The summed E-state index contributed by atoms with van der Waals surface area (Å²) in [5.41, 5.74) is 4.26. The van der Waals surface area contributed by atoms with Crippen molar-refractivity contribution in [2.75, 3.05) is 11.9 Å². The molecule has 1 aromatic rings. The summed E-state index contributed by atoms with van der Waals surface area (Å²) in [6.45, 7) is 14.0. The van der Waals surface area contributed by atoms with Crippen LogP contribution in [0.2, 0.25) is 0 Å². The standard InChI is InChI=1S/C14H23N.C2H6/c1-5-10-15-14-12(6-2)8-7-9-13(14)11(3)4;1-2/h7-9,11,15H,5-6,10H2,1-4H3;1-2H3. The first-order valence-electron chi connectivity index (χ1n) is 7.06. The quantitative estimate of drug-likeness (QED) is 0.737. The first kappa shape index (κ1) is 16.0.